The van der Waals surface area contributed by atoms with Gasteiger partial charge in [0.2, 0.25) is 0 Å². The molecule has 0 unspecified atom stereocenters. The van der Waals surface area contributed by atoms with E-state index in [1.54, 1.807) is 0 Å². The molecule has 0 saturated heterocycles. The number of nitrogens with zero attached hydrogens (tertiary/aromatic N) is 1. The molecular weight excluding hydrogens is 695 g/mol. The number of hydrogen-bond acceptors (Lipinski definition) is 2. The molecule has 0 atom stereocenters. The van der Waals surface area contributed by atoms with Gasteiger partial charge in [0.15, 0.2) is 0 Å². The Morgan fingerprint density at radius 3 is 1.73 bits per heavy atom. The summed E-state index contributed by atoms with van der Waals surface area (Å²) >= 11 is 1.88. The zero-order chi connectivity index (χ0) is 37.0. The standard InChI is InChI=1S/C54H35NS/c1-3-19-42-36(14-1)16-12-25-43(42)38-17-11-18-39(34-38)45-21-7-9-28-51(45)55(52-35-40-15-2-4-20-44(40)47-22-5-6-23-48(47)52)41-32-30-37(31-33-41)46-26-13-27-50-49-24-8-10-29-53(49)56-54(46)50/h1-35H. The van der Waals surface area contributed by atoms with Gasteiger partial charge in [-0.2, -0.15) is 0 Å². The van der Waals surface area contributed by atoms with Crippen molar-refractivity contribution in [3.8, 4) is 33.4 Å². The van der Waals surface area contributed by atoms with Crippen molar-refractivity contribution in [1.29, 1.82) is 0 Å². The Morgan fingerprint density at radius 2 is 0.875 bits per heavy atom. The molecule has 0 aliphatic heterocycles. The molecule has 0 amide bonds. The molecule has 0 aliphatic rings. The van der Waals surface area contributed by atoms with Crippen molar-refractivity contribution >= 4 is 80.9 Å². The van der Waals surface area contributed by atoms with Crippen LogP contribution in [-0.4, -0.2) is 0 Å². The van der Waals surface area contributed by atoms with Gasteiger partial charge in [0, 0.05) is 36.8 Å². The summed E-state index contributed by atoms with van der Waals surface area (Å²) in [5.74, 6) is 0. The Hall–Kier alpha value is -7.00. The van der Waals surface area contributed by atoms with Crippen LogP contribution in [0.4, 0.5) is 17.1 Å². The number of para-hydroxylation sites is 1. The zero-order valence-corrected chi connectivity index (χ0v) is 31.4. The second kappa shape index (κ2) is 13.4. The number of fused-ring (bicyclic) bond motifs is 7. The Bertz CT molecular complexity index is 3260. The smallest absolute Gasteiger partial charge is 0.0546 e. The Morgan fingerprint density at radius 1 is 0.304 bits per heavy atom. The van der Waals surface area contributed by atoms with Gasteiger partial charge in [-0.1, -0.05) is 176 Å². The summed E-state index contributed by atoms with van der Waals surface area (Å²) < 4.78 is 2.65. The summed E-state index contributed by atoms with van der Waals surface area (Å²) in [6.45, 7) is 0. The second-order valence-electron chi connectivity index (χ2n) is 14.4. The number of thiophene rings is 1. The van der Waals surface area contributed by atoms with Crippen molar-refractivity contribution < 1.29 is 0 Å². The van der Waals surface area contributed by atoms with E-state index in [1.807, 2.05) is 11.3 Å². The first-order valence-corrected chi connectivity index (χ1v) is 20.0. The molecule has 1 aromatic heterocycles. The van der Waals surface area contributed by atoms with E-state index in [0.717, 1.165) is 17.1 Å². The lowest BCUT2D eigenvalue weighted by molar-refractivity contribution is 1.30. The summed E-state index contributed by atoms with van der Waals surface area (Å²) in [6.07, 6.45) is 0. The van der Waals surface area contributed by atoms with E-state index in [1.165, 1.54) is 85.9 Å². The lowest BCUT2D eigenvalue weighted by atomic mass is 9.94. The van der Waals surface area contributed by atoms with E-state index in [4.69, 9.17) is 0 Å². The molecule has 0 aliphatic carbocycles. The molecule has 1 nitrogen and oxygen atoms in total. The average molecular weight is 730 g/mol. The molecule has 0 bridgehead atoms. The molecule has 10 aromatic carbocycles. The molecule has 0 N–H and O–H groups in total. The molecule has 0 spiro atoms. The summed E-state index contributed by atoms with van der Waals surface area (Å²) in [5, 5.41) is 10.1. The summed E-state index contributed by atoms with van der Waals surface area (Å²) in [6, 6.07) is 77.8. The van der Waals surface area contributed by atoms with Crippen LogP contribution in [0.25, 0.3) is 85.9 Å². The number of benzene rings is 10. The van der Waals surface area contributed by atoms with E-state index in [-0.39, 0.29) is 0 Å². The van der Waals surface area contributed by atoms with E-state index in [9.17, 15) is 0 Å². The fraction of sp³-hybridized carbons (Fsp3) is 0. The van der Waals surface area contributed by atoms with Crippen molar-refractivity contribution in [2.45, 2.75) is 0 Å². The van der Waals surface area contributed by atoms with Gasteiger partial charge in [-0.05, 0) is 91.1 Å². The van der Waals surface area contributed by atoms with Crippen LogP contribution >= 0.6 is 11.3 Å². The average Bonchev–Trinajstić information content (AvgIpc) is 3.66. The lowest BCUT2D eigenvalue weighted by Crippen LogP contribution is -2.12. The van der Waals surface area contributed by atoms with Crippen LogP contribution in [-0.2, 0) is 0 Å². The third-order valence-corrected chi connectivity index (χ3v) is 12.5. The number of rotatable bonds is 6. The van der Waals surface area contributed by atoms with Gasteiger partial charge in [0.05, 0.1) is 11.4 Å². The highest BCUT2D eigenvalue weighted by atomic mass is 32.1. The van der Waals surface area contributed by atoms with Crippen molar-refractivity contribution in [1.82, 2.24) is 0 Å². The van der Waals surface area contributed by atoms with Crippen LogP contribution < -0.4 is 4.90 Å². The molecular formula is C54H35NS. The predicted octanol–water partition coefficient (Wildman–Crippen LogP) is 16.0. The summed E-state index contributed by atoms with van der Waals surface area (Å²) in [5.41, 5.74) is 10.7. The monoisotopic (exact) mass is 729 g/mol. The van der Waals surface area contributed by atoms with E-state index < -0.39 is 0 Å². The first-order chi connectivity index (χ1) is 27.8. The second-order valence-corrected chi connectivity index (χ2v) is 15.5. The molecule has 11 aromatic rings. The maximum atomic E-state index is 2.47. The van der Waals surface area contributed by atoms with Gasteiger partial charge in [0.1, 0.15) is 0 Å². The largest absolute Gasteiger partial charge is 0.309 e. The van der Waals surface area contributed by atoms with Crippen LogP contribution in [0.5, 0.6) is 0 Å². The first-order valence-electron chi connectivity index (χ1n) is 19.2. The number of anilines is 3. The van der Waals surface area contributed by atoms with Gasteiger partial charge in [-0.25, -0.2) is 0 Å². The highest BCUT2D eigenvalue weighted by molar-refractivity contribution is 7.26. The van der Waals surface area contributed by atoms with E-state index in [2.05, 4.69) is 217 Å². The maximum absolute atomic E-state index is 2.47. The normalized spacial score (nSPS) is 11.6. The van der Waals surface area contributed by atoms with Gasteiger partial charge in [0.25, 0.3) is 0 Å². The highest BCUT2D eigenvalue weighted by Gasteiger charge is 2.21. The SMILES string of the molecule is c1cc(-c2ccccc2N(c2ccc(-c3cccc4c3sc3ccccc34)cc2)c2cc3ccccc3c3ccccc23)cc(-c2cccc3ccccc23)c1. The van der Waals surface area contributed by atoms with Crippen molar-refractivity contribution in [2.75, 3.05) is 4.90 Å². The van der Waals surface area contributed by atoms with E-state index in [0.29, 0.717) is 0 Å². The summed E-state index contributed by atoms with van der Waals surface area (Å²) in [7, 11) is 0. The molecule has 262 valence electrons. The van der Waals surface area contributed by atoms with Crippen LogP contribution in [0, 0.1) is 0 Å². The molecule has 11 rings (SSSR count). The third-order valence-electron chi connectivity index (χ3n) is 11.2. The minimum atomic E-state index is 1.11. The van der Waals surface area contributed by atoms with E-state index >= 15 is 0 Å². The quantitative estimate of drug-likeness (QED) is 0.154. The fourth-order valence-corrected chi connectivity index (χ4v) is 9.87. The molecule has 0 fully saturated rings. The lowest BCUT2D eigenvalue weighted by Gasteiger charge is -2.30. The molecule has 2 heteroatoms. The van der Waals surface area contributed by atoms with Crippen LogP contribution in [0.15, 0.2) is 212 Å². The van der Waals surface area contributed by atoms with Gasteiger partial charge < -0.3 is 4.90 Å². The third kappa shape index (κ3) is 5.38. The first kappa shape index (κ1) is 32.4. The molecule has 0 saturated carbocycles. The highest BCUT2D eigenvalue weighted by Crippen LogP contribution is 2.47. The Labute approximate surface area is 330 Å². The van der Waals surface area contributed by atoms with Crippen LogP contribution in [0.1, 0.15) is 0 Å². The zero-order valence-electron chi connectivity index (χ0n) is 30.6. The minimum Gasteiger partial charge on any atom is -0.309 e. The van der Waals surface area contributed by atoms with Gasteiger partial charge in [-0.3, -0.25) is 0 Å². The topological polar surface area (TPSA) is 3.24 Å². The van der Waals surface area contributed by atoms with Crippen LogP contribution in [0.2, 0.25) is 0 Å². The fourth-order valence-electron chi connectivity index (χ4n) is 8.64. The van der Waals surface area contributed by atoms with Crippen molar-refractivity contribution in [2.24, 2.45) is 0 Å². The predicted molar refractivity (Wildman–Crippen MR) is 243 cm³/mol. The number of hydrogen-bond donors (Lipinski definition) is 0. The molecule has 1 heterocycles. The van der Waals surface area contributed by atoms with Crippen molar-refractivity contribution in [3.63, 3.8) is 0 Å². The minimum absolute atomic E-state index is 1.11. The molecule has 0 radical (unpaired) electrons. The molecule has 56 heavy (non-hydrogen) atoms. The van der Waals surface area contributed by atoms with Gasteiger partial charge in [-0.15, -0.1) is 11.3 Å². The van der Waals surface area contributed by atoms with Gasteiger partial charge >= 0.3 is 0 Å². The Balaban J connectivity index is 1.11. The van der Waals surface area contributed by atoms with Crippen molar-refractivity contribution in [3.05, 3.63) is 212 Å². The van der Waals surface area contributed by atoms with Crippen LogP contribution in [0.3, 0.4) is 0 Å². The summed E-state index contributed by atoms with van der Waals surface area (Å²) in [4.78, 5) is 2.47. The maximum Gasteiger partial charge on any atom is 0.0546 e. The Kier molecular flexibility index (Phi) is 7.75.